The van der Waals surface area contributed by atoms with E-state index in [0.717, 1.165) is 51.3 Å². The number of anilines is 2. The molecule has 0 radical (unpaired) electrons. The summed E-state index contributed by atoms with van der Waals surface area (Å²) in [6, 6.07) is 6.33. The molecule has 25 heavy (non-hydrogen) atoms. The third-order valence-corrected chi connectivity index (χ3v) is 5.39. The molecule has 3 rings (SSSR count). The number of benzene rings is 1. The van der Waals surface area contributed by atoms with Crippen molar-refractivity contribution in [2.75, 3.05) is 50.4 Å². The lowest BCUT2D eigenvalue weighted by molar-refractivity contribution is -0.0493. The summed E-state index contributed by atoms with van der Waals surface area (Å²) in [5.41, 5.74) is 6.86. The van der Waals surface area contributed by atoms with Crippen molar-refractivity contribution in [2.45, 2.75) is 38.5 Å². The number of hydrogen-bond acceptors (Lipinski definition) is 5. The van der Waals surface area contributed by atoms with E-state index < -0.39 is 6.61 Å². The molecule has 2 N–H and O–H groups in total. The summed E-state index contributed by atoms with van der Waals surface area (Å²) < 4.78 is 29.5. The molecule has 0 bridgehead atoms. The number of halogens is 2. The van der Waals surface area contributed by atoms with Gasteiger partial charge in [-0.3, -0.25) is 4.90 Å². The average molecular weight is 354 g/mol. The molecule has 0 amide bonds. The first-order chi connectivity index (χ1) is 11.9. The molecule has 0 aliphatic carbocycles. The van der Waals surface area contributed by atoms with Crippen LogP contribution in [0.5, 0.6) is 5.75 Å². The quantitative estimate of drug-likeness (QED) is 0.842. The zero-order valence-corrected chi connectivity index (χ0v) is 15.0. The second-order valence-electron chi connectivity index (χ2n) is 7.17. The number of likely N-dealkylation sites (N-methyl/N-ethyl adjacent to an activating group) is 1. The van der Waals surface area contributed by atoms with Gasteiger partial charge in [0.2, 0.25) is 0 Å². The highest BCUT2D eigenvalue weighted by Crippen LogP contribution is 2.31. The first kappa shape index (κ1) is 18.2. The van der Waals surface area contributed by atoms with Crippen molar-refractivity contribution in [3.63, 3.8) is 0 Å². The first-order valence-electron chi connectivity index (χ1n) is 8.97. The number of rotatable bonds is 4. The topological polar surface area (TPSA) is 45.0 Å². The SMILES string of the molecule is C[C@H]1CN(C)CCN1C1CCN(c2ccc(N)c(OC(F)F)c2)CC1. The zero-order chi connectivity index (χ0) is 18.0. The van der Waals surface area contributed by atoms with Gasteiger partial charge >= 0.3 is 6.61 Å². The van der Waals surface area contributed by atoms with Crippen LogP contribution in [0.3, 0.4) is 0 Å². The van der Waals surface area contributed by atoms with E-state index in [4.69, 9.17) is 5.73 Å². The first-order valence-corrected chi connectivity index (χ1v) is 8.97. The Morgan fingerprint density at radius 1 is 1.16 bits per heavy atom. The van der Waals surface area contributed by atoms with Crippen molar-refractivity contribution in [1.82, 2.24) is 9.80 Å². The fraction of sp³-hybridized carbons (Fsp3) is 0.667. The van der Waals surface area contributed by atoms with Gasteiger partial charge in [0.1, 0.15) is 0 Å². The fourth-order valence-corrected chi connectivity index (χ4v) is 4.07. The van der Waals surface area contributed by atoms with E-state index in [2.05, 4.69) is 33.4 Å². The number of nitrogens with zero attached hydrogens (tertiary/aromatic N) is 3. The molecule has 0 unspecified atom stereocenters. The number of ether oxygens (including phenoxy) is 1. The molecule has 1 aromatic carbocycles. The Kier molecular flexibility index (Phi) is 5.64. The van der Waals surface area contributed by atoms with Crippen LogP contribution in [-0.2, 0) is 0 Å². The van der Waals surface area contributed by atoms with Crippen LogP contribution < -0.4 is 15.4 Å². The van der Waals surface area contributed by atoms with Gasteiger partial charge in [-0.2, -0.15) is 8.78 Å². The van der Waals surface area contributed by atoms with Crippen LogP contribution in [0.15, 0.2) is 18.2 Å². The van der Waals surface area contributed by atoms with Gasteiger partial charge in [0.15, 0.2) is 5.75 Å². The smallest absolute Gasteiger partial charge is 0.387 e. The summed E-state index contributed by atoms with van der Waals surface area (Å²) in [5, 5.41) is 0. The molecule has 5 nitrogen and oxygen atoms in total. The highest BCUT2D eigenvalue weighted by atomic mass is 19.3. The minimum absolute atomic E-state index is 0.0577. The van der Waals surface area contributed by atoms with Crippen molar-refractivity contribution < 1.29 is 13.5 Å². The molecule has 1 aromatic rings. The molecule has 1 atom stereocenters. The van der Waals surface area contributed by atoms with E-state index in [1.54, 1.807) is 12.1 Å². The van der Waals surface area contributed by atoms with E-state index in [-0.39, 0.29) is 11.4 Å². The van der Waals surface area contributed by atoms with Crippen molar-refractivity contribution >= 4 is 11.4 Å². The second kappa shape index (κ2) is 7.74. The Morgan fingerprint density at radius 3 is 2.52 bits per heavy atom. The third kappa shape index (κ3) is 4.33. The summed E-state index contributed by atoms with van der Waals surface area (Å²) in [7, 11) is 2.18. The minimum Gasteiger partial charge on any atom is -0.433 e. The van der Waals surface area contributed by atoms with Gasteiger partial charge in [0.05, 0.1) is 5.69 Å². The molecule has 0 saturated carbocycles. The van der Waals surface area contributed by atoms with Crippen LogP contribution in [0, 0.1) is 0 Å². The van der Waals surface area contributed by atoms with Crippen molar-refractivity contribution in [3.05, 3.63) is 18.2 Å². The number of piperazine rings is 1. The van der Waals surface area contributed by atoms with Crippen LogP contribution in [0.1, 0.15) is 19.8 Å². The van der Waals surface area contributed by atoms with Crippen molar-refractivity contribution in [2.24, 2.45) is 0 Å². The predicted molar refractivity (Wildman–Crippen MR) is 96.4 cm³/mol. The lowest BCUT2D eigenvalue weighted by Gasteiger charge is -2.46. The Balaban J connectivity index is 1.60. The summed E-state index contributed by atoms with van der Waals surface area (Å²) in [6.07, 6.45) is 2.17. The molecule has 0 aromatic heterocycles. The average Bonchev–Trinajstić information content (AvgIpc) is 2.57. The summed E-state index contributed by atoms with van der Waals surface area (Å²) >= 11 is 0. The highest BCUT2D eigenvalue weighted by Gasteiger charge is 2.30. The van der Waals surface area contributed by atoms with Gasteiger partial charge in [-0.25, -0.2) is 0 Å². The minimum atomic E-state index is -2.86. The number of alkyl halides is 2. The van der Waals surface area contributed by atoms with Gasteiger partial charge in [-0.05, 0) is 38.9 Å². The third-order valence-electron chi connectivity index (χ3n) is 5.39. The van der Waals surface area contributed by atoms with Gasteiger partial charge in [-0.15, -0.1) is 0 Å². The predicted octanol–water partition coefficient (Wildman–Crippen LogP) is 2.47. The maximum Gasteiger partial charge on any atom is 0.387 e. The monoisotopic (exact) mass is 354 g/mol. The van der Waals surface area contributed by atoms with Crippen LogP contribution >= 0.6 is 0 Å². The molecule has 2 fully saturated rings. The van der Waals surface area contributed by atoms with E-state index in [0.29, 0.717) is 12.1 Å². The standard InChI is InChI=1S/C18H28F2N4O/c1-13-12-22(2)9-10-24(13)14-5-7-23(8-6-14)15-3-4-16(21)17(11-15)25-18(19)20/h3-4,11,13-14,18H,5-10,12,21H2,1-2H3/t13-/m0/s1. The summed E-state index contributed by atoms with van der Waals surface area (Å²) in [5.74, 6) is 0.0577. The molecule has 2 aliphatic heterocycles. The highest BCUT2D eigenvalue weighted by molar-refractivity contribution is 5.62. The maximum absolute atomic E-state index is 12.5. The van der Waals surface area contributed by atoms with Crippen LogP contribution in [-0.4, -0.2) is 68.3 Å². The maximum atomic E-state index is 12.5. The number of hydrogen-bond donors (Lipinski definition) is 1. The van der Waals surface area contributed by atoms with E-state index in [1.807, 2.05) is 6.07 Å². The lowest BCUT2D eigenvalue weighted by Crippen LogP contribution is -2.56. The number of nitrogens with two attached hydrogens (primary N) is 1. The Bertz CT molecular complexity index is 578. The van der Waals surface area contributed by atoms with Gasteiger partial charge in [-0.1, -0.05) is 0 Å². The van der Waals surface area contributed by atoms with Crippen LogP contribution in [0.2, 0.25) is 0 Å². The second-order valence-corrected chi connectivity index (χ2v) is 7.17. The summed E-state index contributed by atoms with van der Waals surface area (Å²) in [4.78, 5) is 7.25. The normalized spacial score (nSPS) is 24.0. The number of piperidine rings is 1. The molecular formula is C18H28F2N4O. The van der Waals surface area contributed by atoms with Crippen LogP contribution in [0.25, 0.3) is 0 Å². The number of nitrogen functional groups attached to an aromatic ring is 1. The van der Waals surface area contributed by atoms with Gasteiger partial charge < -0.3 is 20.3 Å². The van der Waals surface area contributed by atoms with Crippen molar-refractivity contribution in [3.8, 4) is 5.75 Å². The summed E-state index contributed by atoms with van der Waals surface area (Å²) in [6.45, 7) is 4.64. The molecule has 140 valence electrons. The lowest BCUT2D eigenvalue weighted by atomic mass is 9.99. The molecular weight excluding hydrogens is 326 g/mol. The van der Waals surface area contributed by atoms with Gasteiger partial charge in [0, 0.05) is 56.6 Å². The molecule has 0 spiro atoms. The Morgan fingerprint density at radius 2 is 1.88 bits per heavy atom. The van der Waals surface area contributed by atoms with Gasteiger partial charge in [0.25, 0.3) is 0 Å². The van der Waals surface area contributed by atoms with E-state index in [1.165, 1.54) is 0 Å². The molecule has 2 saturated heterocycles. The Hall–Kier alpha value is -1.60. The molecule has 7 heteroatoms. The Labute approximate surface area is 148 Å². The fourth-order valence-electron chi connectivity index (χ4n) is 4.07. The molecule has 2 heterocycles. The van der Waals surface area contributed by atoms with Crippen LogP contribution in [0.4, 0.5) is 20.2 Å². The van der Waals surface area contributed by atoms with Crippen molar-refractivity contribution in [1.29, 1.82) is 0 Å². The zero-order valence-electron chi connectivity index (χ0n) is 15.0. The molecule has 2 aliphatic rings. The van der Waals surface area contributed by atoms with E-state index in [9.17, 15) is 8.78 Å². The van der Waals surface area contributed by atoms with E-state index >= 15 is 0 Å². The largest absolute Gasteiger partial charge is 0.433 e.